The normalized spacial score (nSPS) is 18.1. The van der Waals surface area contributed by atoms with Crippen LogP contribution in [0.3, 0.4) is 0 Å². The van der Waals surface area contributed by atoms with Crippen molar-refractivity contribution in [1.29, 1.82) is 0 Å². The number of aryl methyl sites for hydroxylation is 1. The van der Waals surface area contributed by atoms with Gasteiger partial charge < -0.3 is 19.5 Å². The average Bonchev–Trinajstić information content (AvgIpc) is 2.98. The number of amides is 1. The molecule has 0 aliphatic carbocycles. The number of aliphatic hydroxyl groups is 1. The molecule has 0 saturated carbocycles. The van der Waals surface area contributed by atoms with Crippen LogP contribution < -0.4 is 4.74 Å². The molecule has 0 aromatic heterocycles. The molecule has 1 saturated heterocycles. The van der Waals surface area contributed by atoms with Gasteiger partial charge in [-0.3, -0.25) is 9.59 Å². The topological polar surface area (TPSA) is 76.1 Å². The second kappa shape index (κ2) is 9.79. The number of carbonyl (C=O) groups is 2. The van der Waals surface area contributed by atoms with Crippen molar-refractivity contribution in [2.75, 3.05) is 20.3 Å². The minimum absolute atomic E-state index is 0.0317. The monoisotopic (exact) mass is 423 g/mol. The van der Waals surface area contributed by atoms with Crippen LogP contribution in [0.1, 0.15) is 43.0 Å². The zero-order valence-corrected chi connectivity index (χ0v) is 18.4. The molecule has 1 amide bonds. The molecular formula is C25H29NO5. The lowest BCUT2D eigenvalue weighted by Gasteiger charge is -2.26. The van der Waals surface area contributed by atoms with Crippen LogP contribution in [0.15, 0.2) is 54.1 Å². The van der Waals surface area contributed by atoms with Crippen LogP contribution in [-0.2, 0) is 14.3 Å². The summed E-state index contributed by atoms with van der Waals surface area (Å²) in [5, 5.41) is 11.2. The molecule has 6 nitrogen and oxygen atoms in total. The largest absolute Gasteiger partial charge is 0.507 e. The van der Waals surface area contributed by atoms with E-state index in [4.69, 9.17) is 9.47 Å². The summed E-state index contributed by atoms with van der Waals surface area (Å²) in [4.78, 5) is 27.5. The maximum atomic E-state index is 13.0. The van der Waals surface area contributed by atoms with Gasteiger partial charge in [0.05, 0.1) is 17.7 Å². The predicted molar refractivity (Wildman–Crippen MR) is 119 cm³/mol. The van der Waals surface area contributed by atoms with Crippen LogP contribution in [0.5, 0.6) is 5.75 Å². The summed E-state index contributed by atoms with van der Waals surface area (Å²) in [6.07, 6.45) is 0.555. The summed E-state index contributed by atoms with van der Waals surface area (Å²) < 4.78 is 10.8. The van der Waals surface area contributed by atoms with Gasteiger partial charge in [-0.1, -0.05) is 36.4 Å². The van der Waals surface area contributed by atoms with Gasteiger partial charge in [0.2, 0.25) is 0 Å². The van der Waals surface area contributed by atoms with Crippen LogP contribution in [0.4, 0.5) is 0 Å². The Hall–Kier alpha value is -3.12. The van der Waals surface area contributed by atoms with Gasteiger partial charge in [0.15, 0.2) is 0 Å². The Bertz CT molecular complexity index is 995. The third kappa shape index (κ3) is 4.80. The zero-order valence-electron chi connectivity index (χ0n) is 18.4. The maximum Gasteiger partial charge on any atom is 0.295 e. The fourth-order valence-corrected chi connectivity index (χ4v) is 3.85. The van der Waals surface area contributed by atoms with Crippen molar-refractivity contribution < 1.29 is 24.2 Å². The number of likely N-dealkylation sites (tertiary alicyclic amines) is 1. The predicted octanol–water partition coefficient (Wildman–Crippen LogP) is 4.24. The van der Waals surface area contributed by atoms with Crippen LogP contribution in [0.25, 0.3) is 5.76 Å². The van der Waals surface area contributed by atoms with Crippen molar-refractivity contribution in [2.24, 2.45) is 0 Å². The van der Waals surface area contributed by atoms with E-state index in [1.807, 2.05) is 45.0 Å². The van der Waals surface area contributed by atoms with E-state index in [-0.39, 0.29) is 17.4 Å². The number of rotatable bonds is 8. The molecule has 0 spiro atoms. The number of carbonyl (C=O) groups excluding carboxylic acids is 2. The molecular weight excluding hydrogens is 394 g/mol. The lowest BCUT2D eigenvalue weighted by Crippen LogP contribution is -2.31. The quantitative estimate of drug-likeness (QED) is 0.297. The van der Waals surface area contributed by atoms with Crippen molar-refractivity contribution in [3.63, 3.8) is 0 Å². The Morgan fingerprint density at radius 2 is 1.87 bits per heavy atom. The van der Waals surface area contributed by atoms with Gasteiger partial charge in [-0.2, -0.15) is 0 Å². The summed E-state index contributed by atoms with van der Waals surface area (Å²) in [5.41, 5.74) is 2.29. The fraction of sp³-hybridized carbons (Fsp3) is 0.360. The van der Waals surface area contributed by atoms with Crippen molar-refractivity contribution in [3.8, 4) is 5.75 Å². The number of benzene rings is 2. The molecule has 1 heterocycles. The van der Waals surface area contributed by atoms with E-state index < -0.39 is 17.7 Å². The number of methoxy groups -OCH3 is 1. The van der Waals surface area contributed by atoms with Crippen molar-refractivity contribution in [3.05, 3.63) is 70.8 Å². The first-order valence-electron chi connectivity index (χ1n) is 10.4. The standard InChI is InChI=1S/C25H29NO5/c1-16(2)31-19-11-7-10-18(15-19)23(27)21-22(20-12-6-5-9-17(20)3)26(13-8-14-30-4)25(29)24(21)28/h5-7,9-12,15-16,22,27H,8,13-14H2,1-4H3/b23-21+. The Morgan fingerprint density at radius 1 is 1.13 bits per heavy atom. The summed E-state index contributed by atoms with van der Waals surface area (Å²) in [7, 11) is 1.60. The van der Waals surface area contributed by atoms with Gasteiger partial charge in [0.25, 0.3) is 11.7 Å². The van der Waals surface area contributed by atoms with E-state index in [0.717, 1.165) is 11.1 Å². The van der Waals surface area contributed by atoms with Gasteiger partial charge in [-0.25, -0.2) is 0 Å². The highest BCUT2D eigenvalue weighted by Gasteiger charge is 2.46. The molecule has 164 valence electrons. The SMILES string of the molecule is COCCCN1C(=O)C(=O)/C(=C(/O)c2cccc(OC(C)C)c2)C1c1ccccc1C. The summed E-state index contributed by atoms with van der Waals surface area (Å²) in [6.45, 7) is 6.58. The molecule has 1 N–H and O–H groups in total. The van der Waals surface area contributed by atoms with Crippen molar-refractivity contribution >= 4 is 17.4 Å². The van der Waals surface area contributed by atoms with Crippen LogP contribution in [0, 0.1) is 6.92 Å². The highest BCUT2D eigenvalue weighted by molar-refractivity contribution is 6.46. The number of hydrogen-bond acceptors (Lipinski definition) is 5. The lowest BCUT2D eigenvalue weighted by molar-refractivity contribution is -0.140. The number of ether oxygens (including phenoxy) is 2. The fourth-order valence-electron chi connectivity index (χ4n) is 3.85. The third-order valence-electron chi connectivity index (χ3n) is 5.25. The molecule has 0 radical (unpaired) electrons. The molecule has 1 atom stereocenters. The third-order valence-corrected chi connectivity index (χ3v) is 5.25. The average molecular weight is 424 g/mol. The Morgan fingerprint density at radius 3 is 2.55 bits per heavy atom. The molecule has 1 unspecified atom stereocenters. The Kier molecular flexibility index (Phi) is 7.13. The summed E-state index contributed by atoms with van der Waals surface area (Å²) in [6, 6.07) is 13.9. The van der Waals surface area contributed by atoms with E-state index in [1.165, 1.54) is 4.90 Å². The van der Waals surface area contributed by atoms with Gasteiger partial charge in [0, 0.05) is 25.8 Å². The van der Waals surface area contributed by atoms with E-state index >= 15 is 0 Å². The molecule has 2 aromatic carbocycles. The van der Waals surface area contributed by atoms with E-state index in [9.17, 15) is 14.7 Å². The minimum Gasteiger partial charge on any atom is -0.507 e. The number of nitrogens with zero attached hydrogens (tertiary/aromatic N) is 1. The zero-order chi connectivity index (χ0) is 22.5. The first kappa shape index (κ1) is 22.6. The summed E-state index contributed by atoms with van der Waals surface area (Å²) in [5.74, 6) is -0.908. The number of aliphatic hydroxyl groups excluding tert-OH is 1. The molecule has 3 rings (SSSR count). The van der Waals surface area contributed by atoms with Crippen LogP contribution in [-0.4, -0.2) is 48.1 Å². The Labute approximate surface area is 183 Å². The van der Waals surface area contributed by atoms with Crippen LogP contribution in [0.2, 0.25) is 0 Å². The summed E-state index contributed by atoms with van der Waals surface area (Å²) >= 11 is 0. The van der Waals surface area contributed by atoms with Crippen molar-refractivity contribution in [2.45, 2.75) is 39.3 Å². The first-order chi connectivity index (χ1) is 14.8. The molecule has 2 aromatic rings. The van der Waals surface area contributed by atoms with Crippen molar-refractivity contribution in [1.82, 2.24) is 4.90 Å². The second-order valence-corrected chi connectivity index (χ2v) is 7.89. The highest BCUT2D eigenvalue weighted by Crippen LogP contribution is 2.40. The van der Waals surface area contributed by atoms with Crippen LogP contribution >= 0.6 is 0 Å². The molecule has 1 aliphatic rings. The molecule has 1 aliphatic heterocycles. The Balaban J connectivity index is 2.12. The molecule has 0 bridgehead atoms. The van der Waals surface area contributed by atoms with E-state index in [0.29, 0.717) is 30.9 Å². The first-order valence-corrected chi connectivity index (χ1v) is 10.4. The van der Waals surface area contributed by atoms with Gasteiger partial charge in [-0.15, -0.1) is 0 Å². The van der Waals surface area contributed by atoms with E-state index in [1.54, 1.807) is 31.4 Å². The highest BCUT2D eigenvalue weighted by atomic mass is 16.5. The maximum absolute atomic E-state index is 13.0. The lowest BCUT2D eigenvalue weighted by atomic mass is 9.92. The molecule has 6 heteroatoms. The van der Waals surface area contributed by atoms with Gasteiger partial charge >= 0.3 is 0 Å². The molecule has 1 fully saturated rings. The number of ketones is 1. The smallest absolute Gasteiger partial charge is 0.295 e. The van der Waals surface area contributed by atoms with Gasteiger partial charge in [0.1, 0.15) is 11.5 Å². The number of Topliss-reactive ketones (excluding diaryl/α,β-unsaturated/α-hetero) is 1. The number of hydrogen-bond donors (Lipinski definition) is 1. The van der Waals surface area contributed by atoms with E-state index in [2.05, 4.69) is 0 Å². The second-order valence-electron chi connectivity index (χ2n) is 7.89. The minimum atomic E-state index is -0.682. The van der Waals surface area contributed by atoms with Gasteiger partial charge in [-0.05, 0) is 50.5 Å². The molecule has 31 heavy (non-hydrogen) atoms.